The summed E-state index contributed by atoms with van der Waals surface area (Å²) in [5, 5.41) is 3.17. The second-order valence-corrected chi connectivity index (χ2v) is 5.05. The Hall–Kier alpha value is -1.20. The summed E-state index contributed by atoms with van der Waals surface area (Å²) in [5.41, 5.74) is 0.625. The number of nitrogens with one attached hydrogen (secondary N) is 1. The van der Waals surface area contributed by atoms with E-state index in [1.807, 2.05) is 6.08 Å². The zero-order chi connectivity index (χ0) is 14.5. The molecule has 1 atom stereocenters. The van der Waals surface area contributed by atoms with Gasteiger partial charge < -0.3 is 14.8 Å². The standard InChI is InChI=1S/C13H13Cl2F2NO2/c14-10-5-8(6-11(15)12(10)20-13(16)17)18-7-9-3-1-2-4-19-9/h2,4-6,9,13,18H,1,3,7H2. The average Bonchev–Trinajstić information content (AvgIpc) is 2.41. The summed E-state index contributed by atoms with van der Waals surface area (Å²) in [5.74, 6) is -0.217. The zero-order valence-corrected chi connectivity index (χ0v) is 11.9. The van der Waals surface area contributed by atoms with E-state index in [1.165, 1.54) is 12.1 Å². The van der Waals surface area contributed by atoms with Crippen LogP contribution >= 0.6 is 23.2 Å². The van der Waals surface area contributed by atoms with Gasteiger partial charge in [0, 0.05) is 5.69 Å². The summed E-state index contributed by atoms with van der Waals surface area (Å²) in [6, 6.07) is 2.98. The minimum atomic E-state index is -2.97. The van der Waals surface area contributed by atoms with Crippen LogP contribution in [0.4, 0.5) is 14.5 Å². The van der Waals surface area contributed by atoms with Crippen molar-refractivity contribution in [2.45, 2.75) is 25.6 Å². The molecule has 1 aliphatic heterocycles. The summed E-state index contributed by atoms with van der Waals surface area (Å²) >= 11 is 11.8. The van der Waals surface area contributed by atoms with E-state index in [-0.39, 0.29) is 21.9 Å². The largest absolute Gasteiger partial charge is 0.497 e. The van der Waals surface area contributed by atoms with Gasteiger partial charge in [-0.15, -0.1) is 0 Å². The number of hydrogen-bond acceptors (Lipinski definition) is 3. The molecule has 3 nitrogen and oxygen atoms in total. The Labute approximate surface area is 125 Å². The second-order valence-electron chi connectivity index (χ2n) is 4.24. The van der Waals surface area contributed by atoms with E-state index in [9.17, 15) is 8.78 Å². The molecule has 110 valence electrons. The van der Waals surface area contributed by atoms with Crippen molar-refractivity contribution >= 4 is 28.9 Å². The molecule has 0 saturated carbocycles. The molecule has 1 heterocycles. The van der Waals surface area contributed by atoms with Crippen LogP contribution in [0.1, 0.15) is 12.8 Å². The quantitative estimate of drug-likeness (QED) is 0.852. The maximum absolute atomic E-state index is 12.2. The first kappa shape index (κ1) is 15.2. The SMILES string of the molecule is FC(F)Oc1c(Cl)cc(NCC2CCC=CO2)cc1Cl. The van der Waals surface area contributed by atoms with Crippen LogP contribution in [0.15, 0.2) is 24.5 Å². The highest BCUT2D eigenvalue weighted by atomic mass is 35.5. The summed E-state index contributed by atoms with van der Waals surface area (Å²) in [4.78, 5) is 0. The van der Waals surface area contributed by atoms with Gasteiger partial charge in [-0.25, -0.2) is 0 Å². The van der Waals surface area contributed by atoms with Gasteiger partial charge in [0.1, 0.15) is 6.10 Å². The maximum Gasteiger partial charge on any atom is 0.387 e. The van der Waals surface area contributed by atoms with Gasteiger partial charge in [0.15, 0.2) is 5.75 Å². The lowest BCUT2D eigenvalue weighted by molar-refractivity contribution is -0.0497. The minimum Gasteiger partial charge on any atom is -0.497 e. The predicted octanol–water partition coefficient (Wildman–Crippen LogP) is 4.70. The Morgan fingerprint density at radius 1 is 1.35 bits per heavy atom. The fourth-order valence-corrected chi connectivity index (χ4v) is 2.41. The van der Waals surface area contributed by atoms with Crippen molar-refractivity contribution in [2.24, 2.45) is 0 Å². The third kappa shape index (κ3) is 4.15. The van der Waals surface area contributed by atoms with Gasteiger partial charge in [-0.2, -0.15) is 8.78 Å². The summed E-state index contributed by atoms with van der Waals surface area (Å²) in [6.07, 6.45) is 5.58. The van der Waals surface area contributed by atoms with Gasteiger partial charge in [0.2, 0.25) is 0 Å². The summed E-state index contributed by atoms with van der Waals surface area (Å²) in [7, 11) is 0. The molecule has 0 saturated heterocycles. The first-order valence-corrected chi connectivity index (χ1v) is 6.80. The molecule has 1 N–H and O–H groups in total. The Bertz CT molecular complexity index is 474. The molecule has 1 unspecified atom stereocenters. The number of rotatable bonds is 5. The number of anilines is 1. The van der Waals surface area contributed by atoms with Crippen molar-refractivity contribution in [1.82, 2.24) is 0 Å². The monoisotopic (exact) mass is 323 g/mol. The van der Waals surface area contributed by atoms with Crippen molar-refractivity contribution in [2.75, 3.05) is 11.9 Å². The number of halogens is 4. The lowest BCUT2D eigenvalue weighted by Crippen LogP contribution is -2.22. The zero-order valence-electron chi connectivity index (χ0n) is 10.4. The van der Waals surface area contributed by atoms with Gasteiger partial charge in [-0.1, -0.05) is 23.2 Å². The molecule has 0 aliphatic carbocycles. The molecule has 0 radical (unpaired) electrons. The smallest absolute Gasteiger partial charge is 0.387 e. The van der Waals surface area contributed by atoms with E-state index < -0.39 is 6.61 Å². The van der Waals surface area contributed by atoms with Crippen LogP contribution in [0.2, 0.25) is 10.0 Å². The Morgan fingerprint density at radius 3 is 2.60 bits per heavy atom. The molecule has 1 aromatic rings. The minimum absolute atomic E-state index is 0.0322. The van der Waals surface area contributed by atoms with Crippen LogP contribution in [0, 0.1) is 0 Å². The number of ether oxygens (including phenoxy) is 2. The van der Waals surface area contributed by atoms with Crippen molar-refractivity contribution in [3.8, 4) is 5.75 Å². The molecule has 2 rings (SSSR count). The molecule has 1 aromatic carbocycles. The molecule has 0 aromatic heterocycles. The second kappa shape index (κ2) is 6.99. The van der Waals surface area contributed by atoms with E-state index in [2.05, 4.69) is 10.1 Å². The van der Waals surface area contributed by atoms with Gasteiger partial charge in [0.05, 0.1) is 22.9 Å². The molecule has 0 amide bonds. The first-order chi connectivity index (χ1) is 9.56. The van der Waals surface area contributed by atoms with Crippen LogP contribution in [0.5, 0.6) is 5.75 Å². The maximum atomic E-state index is 12.2. The van der Waals surface area contributed by atoms with E-state index >= 15 is 0 Å². The van der Waals surface area contributed by atoms with Crippen LogP contribution < -0.4 is 10.1 Å². The van der Waals surface area contributed by atoms with Crippen LogP contribution in [-0.2, 0) is 4.74 Å². The van der Waals surface area contributed by atoms with Gasteiger partial charge in [-0.3, -0.25) is 0 Å². The number of allylic oxidation sites excluding steroid dienone is 1. The molecule has 0 spiro atoms. The number of hydrogen-bond donors (Lipinski definition) is 1. The van der Waals surface area contributed by atoms with Gasteiger partial charge >= 0.3 is 6.61 Å². The predicted molar refractivity (Wildman–Crippen MR) is 74.8 cm³/mol. The van der Waals surface area contributed by atoms with Crippen molar-refractivity contribution in [3.63, 3.8) is 0 Å². The fraction of sp³-hybridized carbons (Fsp3) is 0.385. The molecule has 0 bridgehead atoms. The number of benzene rings is 1. The van der Waals surface area contributed by atoms with Gasteiger partial charge in [-0.05, 0) is 31.1 Å². The van der Waals surface area contributed by atoms with Gasteiger partial charge in [0.25, 0.3) is 0 Å². The van der Waals surface area contributed by atoms with Crippen LogP contribution in [0.3, 0.4) is 0 Å². The highest BCUT2D eigenvalue weighted by Crippen LogP contribution is 2.37. The number of alkyl halides is 2. The summed E-state index contributed by atoms with van der Waals surface area (Å²) in [6.45, 7) is -2.39. The topological polar surface area (TPSA) is 30.5 Å². The van der Waals surface area contributed by atoms with Crippen LogP contribution in [-0.4, -0.2) is 19.3 Å². The normalized spacial score (nSPS) is 17.9. The molecule has 7 heteroatoms. The highest BCUT2D eigenvalue weighted by molar-refractivity contribution is 6.37. The first-order valence-electron chi connectivity index (χ1n) is 6.04. The average molecular weight is 324 g/mol. The Kier molecular flexibility index (Phi) is 5.31. The van der Waals surface area contributed by atoms with Crippen molar-refractivity contribution < 1.29 is 18.3 Å². The molecule has 1 aliphatic rings. The Morgan fingerprint density at radius 2 is 2.05 bits per heavy atom. The van der Waals surface area contributed by atoms with E-state index in [0.29, 0.717) is 12.2 Å². The fourth-order valence-electron chi connectivity index (χ4n) is 1.83. The lowest BCUT2D eigenvalue weighted by Gasteiger charge is -2.20. The molecule has 0 fully saturated rings. The third-order valence-electron chi connectivity index (χ3n) is 2.76. The van der Waals surface area contributed by atoms with E-state index in [0.717, 1.165) is 12.8 Å². The molecular formula is C13H13Cl2F2NO2. The molecule has 20 heavy (non-hydrogen) atoms. The Balaban J connectivity index is 2.00. The van der Waals surface area contributed by atoms with Crippen molar-refractivity contribution in [3.05, 3.63) is 34.5 Å². The third-order valence-corrected chi connectivity index (χ3v) is 3.32. The lowest BCUT2D eigenvalue weighted by atomic mass is 10.1. The van der Waals surface area contributed by atoms with Crippen LogP contribution in [0.25, 0.3) is 0 Å². The van der Waals surface area contributed by atoms with Crippen molar-refractivity contribution in [1.29, 1.82) is 0 Å². The molecular weight excluding hydrogens is 311 g/mol. The highest BCUT2D eigenvalue weighted by Gasteiger charge is 2.15. The summed E-state index contributed by atoms with van der Waals surface area (Å²) < 4.78 is 34.1. The van der Waals surface area contributed by atoms with E-state index in [1.54, 1.807) is 6.26 Å². The van der Waals surface area contributed by atoms with E-state index in [4.69, 9.17) is 27.9 Å².